The Balaban J connectivity index is 3.21. The van der Waals surface area contributed by atoms with Gasteiger partial charge >= 0.3 is 11.9 Å². The summed E-state index contributed by atoms with van der Waals surface area (Å²) in [6, 6.07) is 0. The number of hydrogen-bond donors (Lipinski definition) is 0. The highest BCUT2D eigenvalue weighted by atomic mass is 79.9. The van der Waals surface area contributed by atoms with Crippen LogP contribution in [0.25, 0.3) is 0 Å². The standard InChI is InChI=1S/C15H21BrO4/c1-5-11-8-15(13(17)19-6-2,14(18)20-7-3)9-12(11)10(4)16/h5,11H,1,6-9H2,2-4H3/b12-10+. The summed E-state index contributed by atoms with van der Waals surface area (Å²) in [5.41, 5.74) is -0.240. The molecule has 1 aliphatic rings. The molecule has 0 aromatic rings. The predicted molar refractivity (Wildman–Crippen MR) is 80.2 cm³/mol. The number of esters is 2. The van der Waals surface area contributed by atoms with Crippen LogP contribution in [0.5, 0.6) is 0 Å². The van der Waals surface area contributed by atoms with E-state index in [2.05, 4.69) is 22.5 Å². The van der Waals surface area contributed by atoms with Crippen molar-refractivity contribution in [3.8, 4) is 0 Å². The van der Waals surface area contributed by atoms with E-state index < -0.39 is 17.4 Å². The normalized spacial score (nSPS) is 23.1. The van der Waals surface area contributed by atoms with Gasteiger partial charge in [0.25, 0.3) is 0 Å². The van der Waals surface area contributed by atoms with Crippen LogP contribution in [0.3, 0.4) is 0 Å². The first-order valence-corrected chi connectivity index (χ1v) is 7.54. The number of ether oxygens (including phenoxy) is 2. The first-order chi connectivity index (χ1) is 9.42. The van der Waals surface area contributed by atoms with Crippen LogP contribution in [0.4, 0.5) is 0 Å². The number of halogens is 1. The van der Waals surface area contributed by atoms with E-state index in [1.165, 1.54) is 0 Å². The molecule has 4 nitrogen and oxygen atoms in total. The van der Waals surface area contributed by atoms with Crippen LogP contribution >= 0.6 is 15.9 Å². The van der Waals surface area contributed by atoms with E-state index in [1.54, 1.807) is 19.9 Å². The maximum atomic E-state index is 12.3. The van der Waals surface area contributed by atoms with Crippen molar-refractivity contribution in [3.05, 3.63) is 22.7 Å². The molecule has 1 unspecified atom stereocenters. The third kappa shape index (κ3) is 3.14. The van der Waals surface area contributed by atoms with Gasteiger partial charge in [0.1, 0.15) is 0 Å². The molecule has 1 atom stereocenters. The highest BCUT2D eigenvalue weighted by Gasteiger charge is 2.55. The number of carbonyl (C=O) groups excluding carboxylic acids is 2. The lowest BCUT2D eigenvalue weighted by molar-refractivity contribution is -0.171. The van der Waals surface area contributed by atoms with Crippen molar-refractivity contribution >= 4 is 27.9 Å². The van der Waals surface area contributed by atoms with E-state index in [9.17, 15) is 9.59 Å². The summed E-state index contributed by atoms with van der Waals surface area (Å²) in [6.07, 6.45) is 2.44. The smallest absolute Gasteiger partial charge is 0.323 e. The Hall–Kier alpha value is -1.10. The van der Waals surface area contributed by atoms with E-state index >= 15 is 0 Å². The zero-order chi connectivity index (χ0) is 15.3. The molecule has 1 saturated carbocycles. The molecule has 112 valence electrons. The molecule has 0 radical (unpaired) electrons. The number of rotatable bonds is 5. The second-order valence-corrected chi connectivity index (χ2v) is 5.99. The van der Waals surface area contributed by atoms with Crippen LogP contribution < -0.4 is 0 Å². The van der Waals surface area contributed by atoms with Gasteiger partial charge in [0.05, 0.1) is 13.2 Å². The molecule has 1 aliphatic carbocycles. The maximum absolute atomic E-state index is 12.3. The summed E-state index contributed by atoms with van der Waals surface area (Å²) in [7, 11) is 0. The molecule has 0 aliphatic heterocycles. The van der Waals surface area contributed by atoms with Gasteiger partial charge in [-0.2, -0.15) is 0 Å². The molecule has 0 saturated heterocycles. The second kappa shape index (κ2) is 7.07. The van der Waals surface area contributed by atoms with Crippen LogP contribution in [0.15, 0.2) is 22.7 Å². The molecule has 0 bridgehead atoms. The molecule has 0 amide bonds. The van der Waals surface area contributed by atoms with Crippen LogP contribution in [0, 0.1) is 11.3 Å². The molecule has 20 heavy (non-hydrogen) atoms. The average Bonchev–Trinajstić information content (AvgIpc) is 2.80. The van der Waals surface area contributed by atoms with E-state index in [0.29, 0.717) is 12.8 Å². The summed E-state index contributed by atoms with van der Waals surface area (Å²) in [5, 5.41) is 0. The fraction of sp³-hybridized carbons (Fsp3) is 0.600. The molecule has 0 spiro atoms. The Kier molecular flexibility index (Phi) is 5.99. The number of allylic oxidation sites excluding steroid dienone is 3. The average molecular weight is 345 g/mol. The zero-order valence-corrected chi connectivity index (χ0v) is 13.8. The van der Waals surface area contributed by atoms with E-state index in [0.717, 1.165) is 10.1 Å². The van der Waals surface area contributed by atoms with Crippen LogP contribution in [-0.4, -0.2) is 25.2 Å². The Bertz CT molecular complexity index is 417. The van der Waals surface area contributed by atoms with Gasteiger partial charge in [0, 0.05) is 5.92 Å². The SMILES string of the molecule is C=CC1CC(C(=O)OCC)(C(=O)OCC)C/C1=C(/C)Br. The van der Waals surface area contributed by atoms with Gasteiger partial charge in [-0.1, -0.05) is 27.6 Å². The van der Waals surface area contributed by atoms with Crippen molar-refractivity contribution in [2.24, 2.45) is 11.3 Å². The van der Waals surface area contributed by atoms with Crippen molar-refractivity contribution in [2.75, 3.05) is 13.2 Å². The highest BCUT2D eigenvalue weighted by Crippen LogP contribution is 2.49. The minimum atomic E-state index is -1.24. The van der Waals surface area contributed by atoms with Gasteiger partial charge in [-0.25, -0.2) is 0 Å². The molecule has 1 rings (SSSR count). The minimum absolute atomic E-state index is 0.0248. The molecule has 0 aromatic carbocycles. The van der Waals surface area contributed by atoms with Crippen LogP contribution in [0.1, 0.15) is 33.6 Å². The summed E-state index contributed by atoms with van der Waals surface area (Å²) >= 11 is 3.44. The summed E-state index contributed by atoms with van der Waals surface area (Å²) in [4.78, 5) is 24.6. The lowest BCUT2D eigenvalue weighted by atomic mass is 9.85. The quantitative estimate of drug-likeness (QED) is 0.436. The Morgan fingerprint density at radius 2 is 1.85 bits per heavy atom. The lowest BCUT2D eigenvalue weighted by Crippen LogP contribution is -2.40. The zero-order valence-electron chi connectivity index (χ0n) is 12.2. The van der Waals surface area contributed by atoms with Crippen LogP contribution in [0.2, 0.25) is 0 Å². The van der Waals surface area contributed by atoms with Crippen molar-refractivity contribution in [1.29, 1.82) is 0 Å². The van der Waals surface area contributed by atoms with Crippen molar-refractivity contribution in [2.45, 2.75) is 33.6 Å². The van der Waals surface area contributed by atoms with E-state index in [-0.39, 0.29) is 19.1 Å². The monoisotopic (exact) mass is 344 g/mol. The third-order valence-electron chi connectivity index (χ3n) is 3.57. The molecule has 5 heteroatoms. The summed E-state index contributed by atoms with van der Waals surface area (Å²) in [5.74, 6) is -1.04. The largest absolute Gasteiger partial charge is 0.465 e. The topological polar surface area (TPSA) is 52.6 Å². The Labute approximate surface area is 128 Å². The third-order valence-corrected chi connectivity index (χ3v) is 4.08. The van der Waals surface area contributed by atoms with E-state index in [1.807, 2.05) is 6.92 Å². The van der Waals surface area contributed by atoms with Gasteiger partial charge in [-0.3, -0.25) is 9.59 Å². The lowest BCUT2D eigenvalue weighted by Gasteiger charge is -2.24. The Morgan fingerprint density at radius 1 is 1.35 bits per heavy atom. The second-order valence-electron chi connectivity index (χ2n) is 4.80. The predicted octanol–water partition coefficient (Wildman–Crippen LogP) is 3.36. The first-order valence-electron chi connectivity index (χ1n) is 6.75. The highest BCUT2D eigenvalue weighted by molar-refractivity contribution is 9.11. The number of carbonyl (C=O) groups is 2. The molecule has 0 N–H and O–H groups in total. The first kappa shape index (κ1) is 17.0. The molecular formula is C15H21BrO4. The van der Waals surface area contributed by atoms with Crippen molar-refractivity contribution in [1.82, 2.24) is 0 Å². The molecule has 1 fully saturated rings. The van der Waals surface area contributed by atoms with Gasteiger partial charge in [-0.05, 0) is 38.1 Å². The van der Waals surface area contributed by atoms with Crippen molar-refractivity contribution < 1.29 is 19.1 Å². The van der Waals surface area contributed by atoms with Crippen LogP contribution in [-0.2, 0) is 19.1 Å². The molecule has 0 aromatic heterocycles. The molecular weight excluding hydrogens is 324 g/mol. The van der Waals surface area contributed by atoms with Gasteiger partial charge in [-0.15, -0.1) is 6.58 Å². The van der Waals surface area contributed by atoms with Gasteiger partial charge < -0.3 is 9.47 Å². The summed E-state index contributed by atoms with van der Waals surface area (Å²) < 4.78 is 11.1. The van der Waals surface area contributed by atoms with Gasteiger partial charge in [0.15, 0.2) is 5.41 Å². The fourth-order valence-electron chi connectivity index (χ4n) is 2.56. The Morgan fingerprint density at radius 3 is 2.15 bits per heavy atom. The maximum Gasteiger partial charge on any atom is 0.323 e. The van der Waals surface area contributed by atoms with Gasteiger partial charge in [0.2, 0.25) is 0 Å². The van der Waals surface area contributed by atoms with E-state index in [4.69, 9.17) is 9.47 Å². The summed E-state index contributed by atoms with van der Waals surface area (Å²) in [6.45, 7) is 9.63. The minimum Gasteiger partial charge on any atom is -0.465 e. The number of hydrogen-bond acceptors (Lipinski definition) is 4. The molecule has 0 heterocycles. The fourth-order valence-corrected chi connectivity index (χ4v) is 3.00. The van der Waals surface area contributed by atoms with Crippen molar-refractivity contribution in [3.63, 3.8) is 0 Å².